The summed E-state index contributed by atoms with van der Waals surface area (Å²) in [5.74, 6) is 0.722. The number of nitrogens with one attached hydrogen (secondary N) is 1. The summed E-state index contributed by atoms with van der Waals surface area (Å²) in [7, 11) is 0. The zero-order chi connectivity index (χ0) is 17.2. The van der Waals surface area contributed by atoms with E-state index in [0.717, 1.165) is 11.1 Å². The highest BCUT2D eigenvalue weighted by molar-refractivity contribution is 7.16. The minimum Gasteiger partial charge on any atom is -0.492 e. The Hall–Kier alpha value is -2.99. The Bertz CT molecular complexity index is 963. The molecule has 0 aliphatic carbocycles. The molecular weight excluding hydrogens is 332 g/mol. The number of fused-ring (bicyclic) bond motifs is 1. The molecule has 3 aromatic rings. The molecule has 5 nitrogen and oxygen atoms in total. The van der Waals surface area contributed by atoms with Gasteiger partial charge in [0.15, 0.2) is 10.9 Å². The second-order valence-electron chi connectivity index (χ2n) is 5.72. The van der Waals surface area contributed by atoms with Crippen molar-refractivity contribution in [3.63, 3.8) is 0 Å². The quantitative estimate of drug-likeness (QED) is 0.718. The van der Waals surface area contributed by atoms with Crippen LogP contribution in [0.3, 0.4) is 0 Å². The number of nitrogens with zero attached hydrogens (tertiary/aromatic N) is 3. The number of aliphatic imine (C=N–C) groups is 1. The lowest BCUT2D eigenvalue weighted by atomic mass is 10.1. The Morgan fingerprint density at radius 1 is 1.16 bits per heavy atom. The second kappa shape index (κ2) is 6.49. The van der Waals surface area contributed by atoms with E-state index < -0.39 is 0 Å². The van der Waals surface area contributed by atoms with Gasteiger partial charge in [0, 0.05) is 23.5 Å². The van der Waals surface area contributed by atoms with Gasteiger partial charge in [-0.15, -0.1) is 0 Å². The van der Waals surface area contributed by atoms with E-state index in [1.807, 2.05) is 36.4 Å². The molecular formula is C19H16N4OS. The molecule has 1 aromatic carbocycles. The minimum atomic E-state index is 0.0194. The number of rotatable bonds is 4. The summed E-state index contributed by atoms with van der Waals surface area (Å²) in [4.78, 5) is 13.4. The molecule has 0 spiro atoms. The van der Waals surface area contributed by atoms with Crippen molar-refractivity contribution >= 4 is 40.1 Å². The fourth-order valence-electron chi connectivity index (χ4n) is 2.67. The van der Waals surface area contributed by atoms with Crippen LogP contribution < -0.4 is 5.32 Å². The van der Waals surface area contributed by atoms with E-state index in [4.69, 9.17) is 0 Å². The van der Waals surface area contributed by atoms with Crippen molar-refractivity contribution in [2.75, 3.05) is 5.32 Å². The van der Waals surface area contributed by atoms with E-state index in [1.54, 1.807) is 12.4 Å². The first kappa shape index (κ1) is 15.5. The molecule has 2 N–H and O–H groups in total. The predicted octanol–water partition coefficient (Wildman–Crippen LogP) is 4.67. The van der Waals surface area contributed by atoms with E-state index in [0.29, 0.717) is 15.8 Å². The molecule has 0 fully saturated rings. The number of hydrogen-bond donors (Lipinski definition) is 2. The van der Waals surface area contributed by atoms with Gasteiger partial charge in [0.25, 0.3) is 0 Å². The summed E-state index contributed by atoms with van der Waals surface area (Å²) in [6.45, 7) is 2.07. The molecule has 0 saturated heterocycles. The number of allylic oxidation sites excluding steroid dienone is 1. The van der Waals surface area contributed by atoms with Gasteiger partial charge in [-0.2, -0.15) is 4.98 Å². The van der Waals surface area contributed by atoms with Crippen LogP contribution in [-0.4, -0.2) is 21.3 Å². The van der Waals surface area contributed by atoms with Crippen molar-refractivity contribution in [3.8, 4) is 5.88 Å². The smallest absolute Gasteiger partial charge is 0.231 e. The fraction of sp³-hybridized carbons (Fsp3) is 0.105. The Kier molecular flexibility index (Phi) is 4.03. The summed E-state index contributed by atoms with van der Waals surface area (Å²) in [5, 5.41) is 14.2. The maximum atomic E-state index is 10.2. The second-order valence-corrected chi connectivity index (χ2v) is 6.75. The number of aromatic nitrogens is 2. The summed E-state index contributed by atoms with van der Waals surface area (Å²) in [6.07, 6.45) is 5.37. The molecule has 4 rings (SSSR count). The van der Waals surface area contributed by atoms with Crippen LogP contribution >= 0.6 is 11.3 Å². The van der Waals surface area contributed by atoms with E-state index in [1.165, 1.54) is 16.9 Å². The van der Waals surface area contributed by atoms with E-state index >= 15 is 0 Å². The largest absolute Gasteiger partial charge is 0.492 e. The van der Waals surface area contributed by atoms with Crippen LogP contribution in [0, 0.1) is 0 Å². The number of anilines is 1. The predicted molar refractivity (Wildman–Crippen MR) is 103 cm³/mol. The first-order chi connectivity index (χ1) is 12.2. The molecule has 6 heteroatoms. The van der Waals surface area contributed by atoms with E-state index in [2.05, 4.69) is 39.3 Å². The Morgan fingerprint density at radius 2 is 2.00 bits per heavy atom. The zero-order valence-corrected chi connectivity index (χ0v) is 14.4. The van der Waals surface area contributed by atoms with Crippen molar-refractivity contribution < 1.29 is 5.11 Å². The maximum Gasteiger partial charge on any atom is 0.231 e. The average molecular weight is 348 g/mol. The lowest BCUT2D eigenvalue weighted by molar-refractivity contribution is 0.456. The number of hydrogen-bond acceptors (Lipinski definition) is 6. The van der Waals surface area contributed by atoms with E-state index in [-0.39, 0.29) is 11.9 Å². The van der Waals surface area contributed by atoms with Crippen molar-refractivity contribution in [1.29, 1.82) is 0 Å². The van der Waals surface area contributed by atoms with Crippen LogP contribution in [0.4, 0.5) is 10.9 Å². The van der Waals surface area contributed by atoms with Crippen molar-refractivity contribution in [2.45, 2.75) is 13.0 Å². The van der Waals surface area contributed by atoms with Crippen molar-refractivity contribution in [1.82, 2.24) is 9.97 Å². The average Bonchev–Trinajstić information content (AvgIpc) is 3.20. The third-order valence-corrected chi connectivity index (χ3v) is 4.91. The van der Waals surface area contributed by atoms with Crippen LogP contribution in [0.2, 0.25) is 0 Å². The number of thiazole rings is 1. The monoisotopic (exact) mass is 348 g/mol. The van der Waals surface area contributed by atoms with Gasteiger partial charge in [0.05, 0.1) is 10.9 Å². The van der Waals surface area contributed by atoms with Crippen LogP contribution in [0.5, 0.6) is 5.88 Å². The summed E-state index contributed by atoms with van der Waals surface area (Å²) in [5.41, 5.74) is 3.05. The molecule has 0 saturated carbocycles. The van der Waals surface area contributed by atoms with Gasteiger partial charge in [-0.1, -0.05) is 41.7 Å². The lowest BCUT2D eigenvalue weighted by Crippen LogP contribution is -2.05. The summed E-state index contributed by atoms with van der Waals surface area (Å²) in [6, 6.07) is 14.1. The Labute approximate surface area is 149 Å². The van der Waals surface area contributed by atoms with Crippen molar-refractivity contribution in [2.24, 2.45) is 4.99 Å². The third kappa shape index (κ3) is 3.16. The molecule has 25 heavy (non-hydrogen) atoms. The van der Waals surface area contributed by atoms with E-state index in [9.17, 15) is 5.11 Å². The van der Waals surface area contributed by atoms with Gasteiger partial charge in [0.1, 0.15) is 0 Å². The molecule has 0 unspecified atom stereocenters. The molecule has 1 aliphatic rings. The molecule has 0 amide bonds. The molecule has 3 heterocycles. The minimum absolute atomic E-state index is 0.0194. The molecule has 1 atom stereocenters. The standard InChI is InChI=1S/C19H16N4OS/c1-12(13-6-3-2-4-7-13)22-19-23-18(24)16(25-19)10-14-11-21-17-15(14)8-5-9-20-17/h2-12,24H,1H3,(H,22,23)/t12-/m1/s1. The Balaban J connectivity index is 1.58. The summed E-state index contributed by atoms with van der Waals surface area (Å²) >= 11 is 1.41. The number of pyridine rings is 1. The first-order valence-electron chi connectivity index (χ1n) is 7.93. The number of aromatic hydroxyl groups is 1. The first-order valence-corrected chi connectivity index (χ1v) is 8.75. The number of benzene rings is 1. The zero-order valence-electron chi connectivity index (χ0n) is 13.5. The SMILES string of the molecule is C[C@@H](Nc1nc(O)c(C=C2C=Nc3ncccc32)s1)c1ccccc1. The lowest BCUT2D eigenvalue weighted by Gasteiger charge is -2.12. The maximum absolute atomic E-state index is 10.2. The van der Waals surface area contributed by atoms with Gasteiger partial charge >= 0.3 is 0 Å². The van der Waals surface area contributed by atoms with Crippen LogP contribution in [0.1, 0.15) is 29.0 Å². The normalized spacial score (nSPS) is 15.3. The van der Waals surface area contributed by atoms with Gasteiger partial charge < -0.3 is 10.4 Å². The molecule has 2 aromatic heterocycles. The molecule has 0 bridgehead atoms. The fourth-order valence-corrected chi connectivity index (χ4v) is 3.57. The Morgan fingerprint density at radius 3 is 2.84 bits per heavy atom. The molecule has 0 radical (unpaired) electrons. The van der Waals surface area contributed by atoms with Gasteiger partial charge in [0.2, 0.25) is 5.88 Å². The molecule has 124 valence electrons. The van der Waals surface area contributed by atoms with Crippen LogP contribution in [-0.2, 0) is 0 Å². The van der Waals surface area contributed by atoms with Gasteiger partial charge in [-0.05, 0) is 30.7 Å². The topological polar surface area (TPSA) is 70.4 Å². The highest BCUT2D eigenvalue weighted by Gasteiger charge is 2.16. The molecule has 1 aliphatic heterocycles. The van der Waals surface area contributed by atoms with Gasteiger partial charge in [-0.3, -0.25) is 0 Å². The van der Waals surface area contributed by atoms with Crippen LogP contribution in [0.25, 0.3) is 11.6 Å². The highest BCUT2D eigenvalue weighted by atomic mass is 32.1. The van der Waals surface area contributed by atoms with Crippen LogP contribution in [0.15, 0.2) is 53.7 Å². The summed E-state index contributed by atoms with van der Waals surface area (Å²) < 4.78 is 0. The van der Waals surface area contributed by atoms with Gasteiger partial charge in [-0.25, -0.2) is 9.98 Å². The van der Waals surface area contributed by atoms with Crippen molar-refractivity contribution in [3.05, 3.63) is 64.7 Å². The third-order valence-electron chi connectivity index (χ3n) is 3.98. The highest BCUT2D eigenvalue weighted by Crippen LogP contribution is 2.36.